The van der Waals surface area contributed by atoms with Gasteiger partial charge in [0.2, 0.25) is 5.91 Å². The van der Waals surface area contributed by atoms with Gasteiger partial charge in [-0.25, -0.2) is 9.78 Å². The van der Waals surface area contributed by atoms with E-state index in [-0.39, 0.29) is 30.6 Å². The fourth-order valence-corrected chi connectivity index (χ4v) is 4.39. The predicted molar refractivity (Wildman–Crippen MR) is 146 cm³/mol. The first-order chi connectivity index (χ1) is 17.9. The van der Waals surface area contributed by atoms with Gasteiger partial charge in [0.15, 0.2) is 0 Å². The molecule has 1 unspecified atom stereocenters. The zero-order chi connectivity index (χ0) is 28.2. The normalized spacial score (nSPS) is 12.6. The van der Waals surface area contributed by atoms with Crippen molar-refractivity contribution in [1.29, 1.82) is 5.41 Å². The van der Waals surface area contributed by atoms with Crippen molar-refractivity contribution in [1.82, 2.24) is 19.4 Å². The maximum Gasteiger partial charge on any atom is 0.407 e. The van der Waals surface area contributed by atoms with Crippen molar-refractivity contribution < 1.29 is 19.5 Å². The number of likely N-dealkylation sites (N-methyl/N-ethyl adjacent to an activating group) is 1. The van der Waals surface area contributed by atoms with Crippen LogP contribution in [-0.4, -0.2) is 74.8 Å². The van der Waals surface area contributed by atoms with Crippen LogP contribution in [0.2, 0.25) is 0 Å². The molecule has 5 N–H and O–H groups in total. The Morgan fingerprint density at radius 2 is 1.84 bits per heavy atom. The molecule has 0 aliphatic carbocycles. The van der Waals surface area contributed by atoms with E-state index in [0.29, 0.717) is 29.7 Å². The number of Topliss-reactive ketones (excluding diaryl/α,β-unsaturated/α-hetero) is 1. The zero-order valence-corrected chi connectivity index (χ0v) is 22.4. The van der Waals surface area contributed by atoms with Gasteiger partial charge in [-0.3, -0.25) is 19.9 Å². The molecule has 202 valence electrons. The molecule has 1 atom stereocenters. The first kappa shape index (κ1) is 28.2. The molecule has 2 aromatic carbocycles. The minimum absolute atomic E-state index is 0.00564. The number of imidazole rings is 1. The molecule has 1 aromatic heterocycles. The molecule has 3 rings (SSSR count). The van der Waals surface area contributed by atoms with E-state index >= 15 is 0 Å². The summed E-state index contributed by atoms with van der Waals surface area (Å²) in [5.74, 6) is 0.210. The summed E-state index contributed by atoms with van der Waals surface area (Å²) in [4.78, 5) is 44.5. The second-order valence-corrected chi connectivity index (χ2v) is 9.63. The van der Waals surface area contributed by atoms with Crippen LogP contribution in [-0.2, 0) is 28.6 Å². The highest BCUT2D eigenvalue weighted by molar-refractivity contribution is 5.95. The van der Waals surface area contributed by atoms with E-state index in [0.717, 1.165) is 21.9 Å². The number of carbonyl (C=O) groups is 3. The molecule has 0 bridgehead atoms. The lowest BCUT2D eigenvalue weighted by Gasteiger charge is -2.36. The lowest BCUT2D eigenvalue weighted by atomic mass is 9.80. The third kappa shape index (κ3) is 5.93. The van der Waals surface area contributed by atoms with Crippen LogP contribution in [0.4, 0.5) is 10.5 Å². The van der Waals surface area contributed by atoms with Gasteiger partial charge in [-0.2, -0.15) is 0 Å². The Labute approximate surface area is 221 Å². The number of fused-ring (bicyclic) bond motifs is 1. The number of amides is 2. The number of aromatic nitrogens is 2. The number of amidine groups is 1. The average Bonchev–Trinajstić information content (AvgIpc) is 3.20. The maximum absolute atomic E-state index is 13.5. The first-order valence-electron chi connectivity index (χ1n) is 12.2. The number of aryl methyl sites for hydroxylation is 1. The highest BCUT2D eigenvalue weighted by atomic mass is 16.4. The van der Waals surface area contributed by atoms with Crippen molar-refractivity contribution in [3.63, 3.8) is 0 Å². The molecular formula is C27H35N7O4. The van der Waals surface area contributed by atoms with Crippen LogP contribution in [0.3, 0.4) is 0 Å². The molecule has 0 aliphatic rings. The van der Waals surface area contributed by atoms with Crippen molar-refractivity contribution in [2.75, 3.05) is 32.0 Å². The van der Waals surface area contributed by atoms with Crippen molar-refractivity contribution in [2.45, 2.75) is 32.7 Å². The summed E-state index contributed by atoms with van der Waals surface area (Å²) in [7, 11) is 3.57. The van der Waals surface area contributed by atoms with Gasteiger partial charge < -0.3 is 25.6 Å². The number of anilines is 1. The van der Waals surface area contributed by atoms with E-state index in [4.69, 9.17) is 16.1 Å². The number of nitrogens with one attached hydrogen (secondary N) is 2. The Kier molecular flexibility index (Phi) is 8.39. The molecule has 11 nitrogen and oxygen atoms in total. The predicted octanol–water partition coefficient (Wildman–Crippen LogP) is 2.77. The summed E-state index contributed by atoms with van der Waals surface area (Å²) >= 11 is 0. The quantitative estimate of drug-likeness (QED) is 0.223. The molecule has 0 radical (unpaired) electrons. The fourth-order valence-electron chi connectivity index (χ4n) is 4.39. The number of nitrogens with zero attached hydrogens (tertiary/aromatic N) is 4. The molecule has 0 saturated heterocycles. The van der Waals surface area contributed by atoms with E-state index in [1.54, 1.807) is 31.0 Å². The number of nitrogen functional groups attached to an aromatic ring is 1. The van der Waals surface area contributed by atoms with Crippen molar-refractivity contribution in [3.8, 4) is 0 Å². The molecule has 2 amide bonds. The van der Waals surface area contributed by atoms with Crippen molar-refractivity contribution in [2.24, 2.45) is 12.8 Å². The lowest BCUT2D eigenvalue weighted by molar-refractivity contribution is -0.136. The minimum Gasteiger partial charge on any atom is -0.465 e. The number of hydrogen-bond donors (Lipinski definition) is 4. The van der Waals surface area contributed by atoms with Gasteiger partial charge in [0.1, 0.15) is 17.4 Å². The van der Waals surface area contributed by atoms with Gasteiger partial charge in [-0.1, -0.05) is 6.07 Å². The molecule has 38 heavy (non-hydrogen) atoms. The Bertz CT molecular complexity index is 1370. The molecule has 1 heterocycles. The van der Waals surface area contributed by atoms with E-state index in [1.807, 2.05) is 48.9 Å². The Morgan fingerprint density at radius 1 is 1.18 bits per heavy atom. The molecule has 0 saturated carbocycles. The third-order valence-electron chi connectivity index (χ3n) is 6.74. The van der Waals surface area contributed by atoms with Crippen LogP contribution in [0.25, 0.3) is 11.0 Å². The summed E-state index contributed by atoms with van der Waals surface area (Å²) < 4.78 is 1.95. The Morgan fingerprint density at radius 3 is 2.39 bits per heavy atom. The van der Waals surface area contributed by atoms with E-state index < -0.39 is 11.5 Å². The standard InChI is InChI=1S/C27H35N7O4/c1-6-32(4)25(36)27(3,16-34(26(37)38)15-17(2)35)19-9-12-22-21(13-19)31-23(33(22)5)14-30-20-10-7-18(8-11-20)24(28)29/h7-13,30H,6,14-16H2,1-5H3,(H3,28,29)(H,37,38). The monoisotopic (exact) mass is 521 g/mol. The maximum atomic E-state index is 13.5. The van der Waals surface area contributed by atoms with E-state index in [1.165, 1.54) is 6.92 Å². The number of ketones is 1. The third-order valence-corrected chi connectivity index (χ3v) is 6.74. The Hall–Kier alpha value is -4.41. The summed E-state index contributed by atoms with van der Waals surface area (Å²) in [6, 6.07) is 12.7. The SMILES string of the molecule is CCN(C)C(=O)C(C)(CN(CC(C)=O)C(=O)O)c1ccc2c(c1)nc(CNc1ccc(C(=N)N)cc1)n2C. The Balaban J connectivity index is 1.96. The zero-order valence-electron chi connectivity index (χ0n) is 22.4. The number of nitrogens with two attached hydrogens (primary N) is 1. The van der Waals surface area contributed by atoms with Crippen LogP contribution in [0, 0.1) is 5.41 Å². The highest BCUT2D eigenvalue weighted by Gasteiger charge is 2.40. The molecular weight excluding hydrogens is 486 g/mol. The summed E-state index contributed by atoms with van der Waals surface area (Å²) in [5, 5.41) is 20.6. The number of carboxylic acid groups (broad SMARTS) is 1. The van der Waals surface area contributed by atoms with Crippen LogP contribution < -0.4 is 11.1 Å². The highest BCUT2D eigenvalue weighted by Crippen LogP contribution is 2.31. The van der Waals surface area contributed by atoms with Gasteiger partial charge in [0.25, 0.3) is 0 Å². The van der Waals surface area contributed by atoms with Gasteiger partial charge in [0.05, 0.1) is 29.5 Å². The van der Waals surface area contributed by atoms with Gasteiger partial charge in [-0.15, -0.1) is 0 Å². The molecule has 0 spiro atoms. The molecule has 0 fully saturated rings. The number of hydrogen-bond acceptors (Lipinski definition) is 6. The summed E-state index contributed by atoms with van der Waals surface area (Å²) in [6.07, 6.45) is -1.26. The van der Waals surface area contributed by atoms with E-state index in [2.05, 4.69) is 5.32 Å². The molecule has 0 aliphatic heterocycles. The van der Waals surface area contributed by atoms with Crippen LogP contribution in [0.5, 0.6) is 0 Å². The van der Waals surface area contributed by atoms with Gasteiger partial charge >= 0.3 is 6.09 Å². The van der Waals surface area contributed by atoms with Gasteiger partial charge in [0, 0.05) is 38.4 Å². The number of rotatable bonds is 11. The first-order valence-corrected chi connectivity index (χ1v) is 12.2. The average molecular weight is 522 g/mol. The van der Waals surface area contributed by atoms with E-state index in [9.17, 15) is 19.5 Å². The largest absolute Gasteiger partial charge is 0.465 e. The topological polar surface area (TPSA) is 158 Å². The minimum atomic E-state index is -1.26. The van der Waals surface area contributed by atoms with Crippen molar-refractivity contribution in [3.05, 3.63) is 59.4 Å². The van der Waals surface area contributed by atoms with Crippen LogP contribution in [0.15, 0.2) is 42.5 Å². The molecule has 11 heteroatoms. The summed E-state index contributed by atoms with van der Waals surface area (Å²) in [6.45, 7) is 5.27. The van der Waals surface area contributed by atoms with Crippen LogP contribution in [0.1, 0.15) is 37.7 Å². The van der Waals surface area contributed by atoms with Gasteiger partial charge in [-0.05, 0) is 62.7 Å². The van der Waals surface area contributed by atoms with Crippen LogP contribution >= 0.6 is 0 Å². The van der Waals surface area contributed by atoms with Crippen molar-refractivity contribution >= 4 is 40.3 Å². The second-order valence-electron chi connectivity index (χ2n) is 9.63. The number of benzene rings is 2. The number of carbonyl (C=O) groups excluding carboxylic acids is 2. The fraction of sp³-hybridized carbons (Fsp3) is 0.370. The summed E-state index contributed by atoms with van der Waals surface area (Å²) in [5.41, 5.74) is 7.91. The molecule has 3 aromatic rings. The smallest absolute Gasteiger partial charge is 0.407 e. The lowest BCUT2D eigenvalue weighted by Crippen LogP contribution is -2.52. The second kappa shape index (κ2) is 11.3.